The van der Waals surface area contributed by atoms with Gasteiger partial charge in [-0.15, -0.1) is 0 Å². The van der Waals surface area contributed by atoms with E-state index in [2.05, 4.69) is 10.3 Å². The standard InChI is InChI=1S/C27H23N3O4S/c1-3-33-21-10-11-22-25(15-21)35-27(29-22)30-26(31)20(16-28)13-19-9-12-23(24(14-19)32-2)34-17-18-7-5-4-6-8-18/h4-15H,3,17H2,1-2H3,(H,29,30,31)/b20-13+. The molecule has 0 fully saturated rings. The first-order valence-electron chi connectivity index (χ1n) is 10.9. The van der Waals surface area contributed by atoms with E-state index in [-0.39, 0.29) is 5.57 Å². The van der Waals surface area contributed by atoms with Crippen LogP contribution < -0.4 is 19.5 Å². The van der Waals surface area contributed by atoms with Crippen LogP contribution in [-0.4, -0.2) is 24.6 Å². The molecule has 8 heteroatoms. The van der Waals surface area contributed by atoms with Crippen molar-refractivity contribution in [3.8, 4) is 23.3 Å². The largest absolute Gasteiger partial charge is 0.494 e. The first kappa shape index (κ1) is 23.8. The highest BCUT2D eigenvalue weighted by Crippen LogP contribution is 2.31. The van der Waals surface area contributed by atoms with E-state index in [0.29, 0.717) is 35.4 Å². The summed E-state index contributed by atoms with van der Waals surface area (Å²) in [5, 5.41) is 12.7. The molecule has 7 nitrogen and oxygen atoms in total. The lowest BCUT2D eigenvalue weighted by Gasteiger charge is -2.11. The summed E-state index contributed by atoms with van der Waals surface area (Å²) in [6.45, 7) is 2.88. The Morgan fingerprint density at radius 3 is 2.66 bits per heavy atom. The van der Waals surface area contributed by atoms with E-state index in [1.165, 1.54) is 17.4 Å². The molecule has 0 atom stereocenters. The van der Waals surface area contributed by atoms with Crippen LogP contribution in [0.4, 0.5) is 5.13 Å². The molecule has 1 N–H and O–H groups in total. The second kappa shape index (κ2) is 11.2. The molecular formula is C27H23N3O4S. The molecule has 4 aromatic rings. The Bertz CT molecular complexity index is 1410. The van der Waals surface area contributed by atoms with E-state index in [9.17, 15) is 10.1 Å². The number of amides is 1. The number of methoxy groups -OCH3 is 1. The van der Waals surface area contributed by atoms with Gasteiger partial charge in [-0.3, -0.25) is 10.1 Å². The van der Waals surface area contributed by atoms with E-state index < -0.39 is 5.91 Å². The van der Waals surface area contributed by atoms with Crippen LogP contribution in [0.15, 0.2) is 72.3 Å². The molecule has 35 heavy (non-hydrogen) atoms. The van der Waals surface area contributed by atoms with Crippen LogP contribution in [0.25, 0.3) is 16.3 Å². The van der Waals surface area contributed by atoms with Gasteiger partial charge < -0.3 is 14.2 Å². The molecular weight excluding hydrogens is 462 g/mol. The van der Waals surface area contributed by atoms with Gasteiger partial charge in [0.15, 0.2) is 16.6 Å². The van der Waals surface area contributed by atoms with E-state index in [0.717, 1.165) is 21.5 Å². The molecule has 0 aliphatic heterocycles. The van der Waals surface area contributed by atoms with Gasteiger partial charge in [0.05, 0.1) is 23.9 Å². The van der Waals surface area contributed by atoms with Gasteiger partial charge in [0.1, 0.15) is 24.0 Å². The van der Waals surface area contributed by atoms with Crippen LogP contribution >= 0.6 is 11.3 Å². The smallest absolute Gasteiger partial charge is 0.268 e. The summed E-state index contributed by atoms with van der Waals surface area (Å²) in [7, 11) is 1.54. The number of nitrogens with one attached hydrogen (secondary N) is 1. The lowest BCUT2D eigenvalue weighted by atomic mass is 10.1. The molecule has 0 aliphatic carbocycles. The maximum absolute atomic E-state index is 12.8. The van der Waals surface area contributed by atoms with E-state index in [4.69, 9.17) is 14.2 Å². The van der Waals surface area contributed by atoms with Gasteiger partial charge in [-0.05, 0) is 54.5 Å². The lowest BCUT2D eigenvalue weighted by Crippen LogP contribution is -2.13. The molecule has 0 saturated carbocycles. The third-order valence-electron chi connectivity index (χ3n) is 4.99. The van der Waals surface area contributed by atoms with E-state index in [1.54, 1.807) is 25.3 Å². The Balaban J connectivity index is 1.48. The molecule has 176 valence electrons. The summed E-state index contributed by atoms with van der Waals surface area (Å²) >= 11 is 1.32. The van der Waals surface area contributed by atoms with Gasteiger partial charge in [-0.1, -0.05) is 47.7 Å². The first-order valence-corrected chi connectivity index (χ1v) is 11.7. The van der Waals surface area contributed by atoms with Crippen molar-refractivity contribution in [2.75, 3.05) is 19.0 Å². The van der Waals surface area contributed by atoms with Gasteiger partial charge >= 0.3 is 0 Å². The minimum Gasteiger partial charge on any atom is -0.494 e. The molecule has 0 unspecified atom stereocenters. The number of anilines is 1. The monoisotopic (exact) mass is 485 g/mol. The van der Waals surface area contributed by atoms with Crippen LogP contribution in [0, 0.1) is 11.3 Å². The van der Waals surface area contributed by atoms with Gasteiger partial charge in [0.25, 0.3) is 5.91 Å². The number of nitriles is 1. The summed E-state index contributed by atoms with van der Waals surface area (Å²) in [5.74, 6) is 1.27. The average Bonchev–Trinajstić information content (AvgIpc) is 3.28. The second-order valence-electron chi connectivity index (χ2n) is 7.39. The molecule has 0 saturated heterocycles. The molecule has 0 bridgehead atoms. The Morgan fingerprint density at radius 2 is 1.91 bits per heavy atom. The highest BCUT2D eigenvalue weighted by molar-refractivity contribution is 7.22. The molecule has 1 amide bonds. The molecule has 0 spiro atoms. The van der Waals surface area contributed by atoms with E-state index >= 15 is 0 Å². The number of thiazole rings is 1. The topological polar surface area (TPSA) is 93.5 Å². The Kier molecular flexibility index (Phi) is 7.60. The number of benzene rings is 3. The van der Waals surface area contributed by atoms with Crippen LogP contribution in [0.3, 0.4) is 0 Å². The molecule has 1 heterocycles. The lowest BCUT2D eigenvalue weighted by molar-refractivity contribution is -0.112. The van der Waals surface area contributed by atoms with Crippen molar-refractivity contribution >= 4 is 38.7 Å². The van der Waals surface area contributed by atoms with Crippen LogP contribution in [-0.2, 0) is 11.4 Å². The fourth-order valence-corrected chi connectivity index (χ4v) is 4.21. The molecule has 3 aromatic carbocycles. The Hall–Kier alpha value is -4.35. The Morgan fingerprint density at radius 1 is 1.09 bits per heavy atom. The minimum atomic E-state index is -0.542. The number of carbonyl (C=O) groups is 1. The zero-order chi connectivity index (χ0) is 24.6. The summed E-state index contributed by atoms with van der Waals surface area (Å²) in [6.07, 6.45) is 1.50. The number of hydrogen-bond acceptors (Lipinski definition) is 7. The third kappa shape index (κ3) is 5.96. The van der Waals surface area contributed by atoms with Crippen molar-refractivity contribution in [3.05, 3.63) is 83.4 Å². The van der Waals surface area contributed by atoms with Crippen LogP contribution in [0.2, 0.25) is 0 Å². The number of fused-ring (bicyclic) bond motifs is 1. The summed E-state index contributed by atoms with van der Waals surface area (Å²) in [6, 6.07) is 22.5. The summed E-state index contributed by atoms with van der Waals surface area (Å²) < 4.78 is 17.7. The van der Waals surface area contributed by atoms with Crippen molar-refractivity contribution in [2.45, 2.75) is 13.5 Å². The van der Waals surface area contributed by atoms with Gasteiger partial charge in [-0.25, -0.2) is 4.98 Å². The zero-order valence-electron chi connectivity index (χ0n) is 19.3. The number of rotatable bonds is 9. The van der Waals surface area contributed by atoms with Crippen LogP contribution in [0.5, 0.6) is 17.2 Å². The first-order chi connectivity index (χ1) is 17.1. The maximum Gasteiger partial charge on any atom is 0.268 e. The van der Waals surface area contributed by atoms with Gasteiger partial charge in [0.2, 0.25) is 0 Å². The highest BCUT2D eigenvalue weighted by Gasteiger charge is 2.14. The van der Waals surface area contributed by atoms with Crippen molar-refractivity contribution < 1.29 is 19.0 Å². The summed E-state index contributed by atoms with van der Waals surface area (Å²) in [5.41, 5.74) is 2.35. The number of hydrogen-bond donors (Lipinski definition) is 1. The number of nitrogens with zero attached hydrogens (tertiary/aromatic N) is 2. The number of carbonyl (C=O) groups excluding carboxylic acids is 1. The number of ether oxygens (including phenoxy) is 3. The third-order valence-corrected chi connectivity index (χ3v) is 5.93. The fraction of sp³-hybridized carbons (Fsp3) is 0.148. The maximum atomic E-state index is 12.8. The second-order valence-corrected chi connectivity index (χ2v) is 8.42. The normalized spacial score (nSPS) is 11.1. The van der Waals surface area contributed by atoms with Crippen LogP contribution in [0.1, 0.15) is 18.1 Å². The fourth-order valence-electron chi connectivity index (χ4n) is 3.32. The summed E-state index contributed by atoms with van der Waals surface area (Å²) in [4.78, 5) is 17.2. The molecule has 4 rings (SSSR count). The quantitative estimate of drug-likeness (QED) is 0.237. The highest BCUT2D eigenvalue weighted by atomic mass is 32.1. The molecule has 0 radical (unpaired) electrons. The van der Waals surface area contributed by atoms with Crippen molar-refractivity contribution in [2.24, 2.45) is 0 Å². The van der Waals surface area contributed by atoms with Gasteiger partial charge in [-0.2, -0.15) is 5.26 Å². The van der Waals surface area contributed by atoms with E-state index in [1.807, 2.05) is 61.5 Å². The number of aromatic nitrogens is 1. The zero-order valence-corrected chi connectivity index (χ0v) is 20.1. The minimum absolute atomic E-state index is 0.0562. The van der Waals surface area contributed by atoms with Gasteiger partial charge in [0, 0.05) is 0 Å². The average molecular weight is 486 g/mol. The van der Waals surface area contributed by atoms with Crippen molar-refractivity contribution in [3.63, 3.8) is 0 Å². The SMILES string of the molecule is CCOc1ccc2nc(NC(=O)/C(C#N)=C/c3ccc(OCc4ccccc4)c(OC)c3)sc2c1. The van der Waals surface area contributed by atoms with Crippen molar-refractivity contribution in [1.82, 2.24) is 4.98 Å². The molecule has 1 aromatic heterocycles. The Labute approximate surface area is 207 Å². The molecule has 0 aliphatic rings. The predicted octanol–water partition coefficient (Wildman–Crippen LogP) is 5.83. The van der Waals surface area contributed by atoms with Crippen molar-refractivity contribution in [1.29, 1.82) is 5.26 Å². The predicted molar refractivity (Wildman–Crippen MR) is 137 cm³/mol.